The highest BCUT2D eigenvalue weighted by atomic mass is 16.2. The van der Waals surface area contributed by atoms with Gasteiger partial charge in [-0.3, -0.25) is 14.7 Å². The topological polar surface area (TPSA) is 50.2 Å². The summed E-state index contributed by atoms with van der Waals surface area (Å²) in [6.07, 6.45) is 5.64. The predicted octanol–water partition coefficient (Wildman–Crippen LogP) is 2.28. The van der Waals surface area contributed by atoms with Crippen molar-refractivity contribution >= 4 is 16.8 Å². The first-order valence-electron chi connectivity index (χ1n) is 8.10. The van der Waals surface area contributed by atoms with Crippen LogP contribution in [0.3, 0.4) is 0 Å². The molecule has 0 atom stereocenters. The average Bonchev–Trinajstić information content (AvgIpc) is 2.99. The summed E-state index contributed by atoms with van der Waals surface area (Å²) in [7, 11) is 1.94. The highest BCUT2D eigenvalue weighted by Crippen LogP contribution is 2.14. The van der Waals surface area contributed by atoms with E-state index in [9.17, 15) is 4.79 Å². The number of carbonyl (C=O) groups is 1. The van der Waals surface area contributed by atoms with Crippen molar-refractivity contribution in [2.45, 2.75) is 13.1 Å². The summed E-state index contributed by atoms with van der Waals surface area (Å²) in [5.74, 6) is 0.0397. The quantitative estimate of drug-likeness (QED) is 0.726. The molecule has 24 heavy (non-hydrogen) atoms. The molecule has 2 heterocycles. The minimum absolute atomic E-state index is 0.0397. The number of benzene rings is 1. The number of hydrogen-bond donors (Lipinski definition) is 1. The van der Waals surface area contributed by atoms with Crippen molar-refractivity contribution in [1.82, 2.24) is 19.8 Å². The molecule has 0 spiro atoms. The summed E-state index contributed by atoms with van der Waals surface area (Å²) in [6, 6.07) is 14.3. The lowest BCUT2D eigenvalue weighted by atomic mass is 10.2. The Bertz CT molecular complexity index is 797. The van der Waals surface area contributed by atoms with Crippen molar-refractivity contribution < 1.29 is 4.79 Å². The molecule has 5 nitrogen and oxygen atoms in total. The average molecular weight is 322 g/mol. The molecule has 124 valence electrons. The molecule has 0 saturated heterocycles. The van der Waals surface area contributed by atoms with Gasteiger partial charge < -0.3 is 9.88 Å². The number of rotatable bonds is 7. The molecule has 0 radical (unpaired) electrons. The third-order valence-corrected chi connectivity index (χ3v) is 3.94. The maximum absolute atomic E-state index is 12.1. The fraction of sp³-hybridized carbons (Fsp3) is 0.263. The summed E-state index contributed by atoms with van der Waals surface area (Å²) >= 11 is 0. The maximum Gasteiger partial charge on any atom is 0.234 e. The minimum Gasteiger partial charge on any atom is -0.353 e. The van der Waals surface area contributed by atoms with E-state index >= 15 is 0 Å². The van der Waals surface area contributed by atoms with Crippen molar-refractivity contribution in [2.75, 3.05) is 20.1 Å². The van der Waals surface area contributed by atoms with Gasteiger partial charge in [-0.15, -0.1) is 0 Å². The second kappa shape index (κ2) is 7.75. The van der Waals surface area contributed by atoms with Gasteiger partial charge in [-0.2, -0.15) is 0 Å². The summed E-state index contributed by atoms with van der Waals surface area (Å²) in [5.41, 5.74) is 2.30. The molecule has 0 bridgehead atoms. The van der Waals surface area contributed by atoms with E-state index in [1.807, 2.05) is 42.4 Å². The van der Waals surface area contributed by atoms with Gasteiger partial charge in [0.2, 0.25) is 5.91 Å². The fourth-order valence-corrected chi connectivity index (χ4v) is 2.81. The van der Waals surface area contributed by atoms with E-state index in [-0.39, 0.29) is 5.91 Å². The van der Waals surface area contributed by atoms with Crippen LogP contribution in [0.5, 0.6) is 0 Å². The molecule has 2 aromatic heterocycles. The van der Waals surface area contributed by atoms with E-state index in [1.54, 1.807) is 6.20 Å². The molecule has 0 fully saturated rings. The third kappa shape index (κ3) is 4.20. The van der Waals surface area contributed by atoms with Gasteiger partial charge in [0.05, 0.1) is 6.54 Å². The molecular formula is C19H22N4O. The number of pyridine rings is 1. The van der Waals surface area contributed by atoms with Crippen LogP contribution in [-0.2, 0) is 17.9 Å². The zero-order valence-electron chi connectivity index (χ0n) is 13.9. The lowest BCUT2D eigenvalue weighted by molar-refractivity contribution is -0.122. The highest BCUT2D eigenvalue weighted by Gasteiger charge is 2.07. The molecule has 0 aliphatic heterocycles. The summed E-state index contributed by atoms with van der Waals surface area (Å²) in [5, 5.41) is 4.21. The highest BCUT2D eigenvalue weighted by molar-refractivity contribution is 5.80. The molecular weight excluding hydrogens is 300 g/mol. The molecule has 0 saturated carbocycles. The molecule has 5 heteroatoms. The van der Waals surface area contributed by atoms with Crippen LogP contribution in [0.4, 0.5) is 0 Å². The molecule has 0 aliphatic carbocycles. The lowest BCUT2D eigenvalue weighted by Gasteiger charge is -2.16. The number of nitrogens with zero attached hydrogens (tertiary/aromatic N) is 3. The Morgan fingerprint density at radius 2 is 2.08 bits per heavy atom. The van der Waals surface area contributed by atoms with Gasteiger partial charge in [0.15, 0.2) is 0 Å². The standard InChI is InChI=1S/C19H22N4O/c1-22(14-16-5-4-9-20-13-16)15-19(24)21-10-12-23-11-8-17-6-2-3-7-18(17)23/h2-9,11,13H,10,12,14-15H2,1H3,(H,21,24). The molecule has 1 aromatic carbocycles. The van der Waals surface area contributed by atoms with E-state index < -0.39 is 0 Å². The smallest absolute Gasteiger partial charge is 0.234 e. The number of carbonyl (C=O) groups excluding carboxylic acids is 1. The molecule has 1 amide bonds. The summed E-state index contributed by atoms with van der Waals surface area (Å²) < 4.78 is 2.16. The first-order valence-corrected chi connectivity index (χ1v) is 8.10. The number of aromatic nitrogens is 2. The van der Waals surface area contributed by atoms with Crippen molar-refractivity contribution in [1.29, 1.82) is 0 Å². The van der Waals surface area contributed by atoms with E-state index in [0.29, 0.717) is 19.6 Å². The fourth-order valence-electron chi connectivity index (χ4n) is 2.81. The Morgan fingerprint density at radius 1 is 1.21 bits per heavy atom. The van der Waals surface area contributed by atoms with Crippen LogP contribution in [0.25, 0.3) is 10.9 Å². The van der Waals surface area contributed by atoms with Crippen LogP contribution in [0.15, 0.2) is 61.1 Å². The number of para-hydroxylation sites is 1. The SMILES string of the molecule is CN(CC(=O)NCCn1ccc2ccccc21)Cc1cccnc1. The van der Waals surface area contributed by atoms with Gasteiger partial charge >= 0.3 is 0 Å². The van der Waals surface area contributed by atoms with E-state index in [1.165, 1.54) is 10.9 Å². The van der Waals surface area contributed by atoms with Crippen LogP contribution in [-0.4, -0.2) is 40.5 Å². The van der Waals surface area contributed by atoms with Gasteiger partial charge in [-0.1, -0.05) is 24.3 Å². The second-order valence-electron chi connectivity index (χ2n) is 5.95. The van der Waals surface area contributed by atoms with Gasteiger partial charge in [-0.05, 0) is 36.2 Å². The predicted molar refractivity (Wildman–Crippen MR) is 95.5 cm³/mol. The minimum atomic E-state index is 0.0397. The van der Waals surface area contributed by atoms with E-state index in [0.717, 1.165) is 12.1 Å². The first kappa shape index (κ1) is 16.2. The largest absolute Gasteiger partial charge is 0.353 e. The molecule has 0 aliphatic rings. The van der Waals surface area contributed by atoms with Crippen molar-refractivity contribution in [3.63, 3.8) is 0 Å². The van der Waals surface area contributed by atoms with E-state index in [2.05, 4.69) is 39.3 Å². The molecule has 0 unspecified atom stereocenters. The van der Waals surface area contributed by atoms with Gasteiger partial charge in [-0.25, -0.2) is 0 Å². The van der Waals surface area contributed by atoms with Crippen LogP contribution in [0.1, 0.15) is 5.56 Å². The molecule has 3 rings (SSSR count). The first-order chi connectivity index (χ1) is 11.7. The molecule has 3 aromatic rings. The maximum atomic E-state index is 12.1. The number of nitrogens with one attached hydrogen (secondary N) is 1. The zero-order valence-corrected chi connectivity index (χ0v) is 13.9. The van der Waals surface area contributed by atoms with Crippen LogP contribution < -0.4 is 5.32 Å². The third-order valence-electron chi connectivity index (χ3n) is 3.94. The summed E-state index contributed by atoms with van der Waals surface area (Å²) in [4.78, 5) is 18.1. The van der Waals surface area contributed by atoms with Gasteiger partial charge in [0.1, 0.15) is 0 Å². The normalized spacial score (nSPS) is 11.1. The zero-order chi connectivity index (χ0) is 16.8. The van der Waals surface area contributed by atoms with Crippen molar-refractivity contribution in [3.05, 3.63) is 66.6 Å². The van der Waals surface area contributed by atoms with Gasteiger partial charge in [0.25, 0.3) is 0 Å². The lowest BCUT2D eigenvalue weighted by Crippen LogP contribution is -2.36. The van der Waals surface area contributed by atoms with E-state index in [4.69, 9.17) is 0 Å². The van der Waals surface area contributed by atoms with Crippen molar-refractivity contribution in [2.24, 2.45) is 0 Å². The number of amides is 1. The number of fused-ring (bicyclic) bond motifs is 1. The number of likely N-dealkylation sites (N-methyl/N-ethyl adjacent to an activating group) is 1. The van der Waals surface area contributed by atoms with Crippen LogP contribution in [0, 0.1) is 0 Å². The number of hydrogen-bond acceptors (Lipinski definition) is 3. The second-order valence-corrected chi connectivity index (χ2v) is 5.95. The Labute approximate surface area is 141 Å². The Morgan fingerprint density at radius 3 is 2.92 bits per heavy atom. The summed E-state index contributed by atoms with van der Waals surface area (Å²) in [6.45, 7) is 2.48. The monoisotopic (exact) mass is 322 g/mol. The Kier molecular flexibility index (Phi) is 5.23. The Hall–Kier alpha value is -2.66. The van der Waals surface area contributed by atoms with Crippen LogP contribution in [0.2, 0.25) is 0 Å². The molecule has 1 N–H and O–H groups in total. The Balaban J connectivity index is 1.44. The van der Waals surface area contributed by atoms with Crippen molar-refractivity contribution in [3.8, 4) is 0 Å². The van der Waals surface area contributed by atoms with Gasteiger partial charge in [0, 0.05) is 43.7 Å². The van der Waals surface area contributed by atoms with Crippen LogP contribution >= 0.6 is 0 Å².